The van der Waals surface area contributed by atoms with E-state index in [-0.39, 0.29) is 5.91 Å². The lowest BCUT2D eigenvalue weighted by atomic mass is 10.0. The number of ether oxygens (including phenoxy) is 3. The van der Waals surface area contributed by atoms with Crippen molar-refractivity contribution in [3.8, 4) is 17.2 Å². The third-order valence-corrected chi connectivity index (χ3v) is 4.21. The van der Waals surface area contributed by atoms with Gasteiger partial charge in [0.05, 0.1) is 21.3 Å². The predicted molar refractivity (Wildman–Crippen MR) is 88.6 cm³/mol. The number of fused-ring (bicyclic) bond motifs is 1. The zero-order chi connectivity index (χ0) is 16.1. The Morgan fingerprint density at radius 2 is 1.82 bits per heavy atom. The molecule has 1 heterocycles. The Balaban J connectivity index is 2.34. The number of thiol groups is 1. The number of amides is 1. The van der Waals surface area contributed by atoms with Crippen LogP contribution in [0.25, 0.3) is 0 Å². The summed E-state index contributed by atoms with van der Waals surface area (Å²) in [5.74, 6) is 2.71. The van der Waals surface area contributed by atoms with E-state index in [0.717, 1.165) is 24.0 Å². The molecule has 0 aliphatic carbocycles. The lowest BCUT2D eigenvalue weighted by Gasteiger charge is -2.19. The predicted octanol–water partition coefficient (Wildman–Crippen LogP) is 1.96. The maximum Gasteiger partial charge on any atom is 0.223 e. The van der Waals surface area contributed by atoms with Crippen LogP contribution in [0.15, 0.2) is 6.07 Å². The highest BCUT2D eigenvalue weighted by molar-refractivity contribution is 7.80. The standard InChI is InChI=1S/C16H23NO4S/c1-19-13-10-11-4-7-17(14(18)6-9-22)8-5-12(11)15(20-2)16(13)21-3/h10,22H,4-9H2,1-3H3. The Bertz CT molecular complexity index is 547. The summed E-state index contributed by atoms with van der Waals surface area (Å²) in [6.45, 7) is 1.39. The molecule has 5 nitrogen and oxygen atoms in total. The van der Waals surface area contributed by atoms with Crippen molar-refractivity contribution in [1.29, 1.82) is 0 Å². The van der Waals surface area contributed by atoms with Gasteiger partial charge in [0, 0.05) is 25.1 Å². The van der Waals surface area contributed by atoms with Crippen LogP contribution in [-0.2, 0) is 17.6 Å². The first-order valence-corrected chi connectivity index (χ1v) is 7.98. The highest BCUT2D eigenvalue weighted by Gasteiger charge is 2.25. The van der Waals surface area contributed by atoms with Gasteiger partial charge in [-0.1, -0.05) is 0 Å². The first-order valence-electron chi connectivity index (χ1n) is 7.35. The Labute approximate surface area is 136 Å². The Kier molecular flexibility index (Phi) is 5.83. The van der Waals surface area contributed by atoms with Crippen molar-refractivity contribution in [3.05, 3.63) is 17.2 Å². The summed E-state index contributed by atoms with van der Waals surface area (Å²) < 4.78 is 16.4. The molecule has 0 radical (unpaired) electrons. The number of hydrogen-bond acceptors (Lipinski definition) is 5. The number of nitrogens with zero attached hydrogens (tertiary/aromatic N) is 1. The van der Waals surface area contributed by atoms with Gasteiger partial charge in [0.2, 0.25) is 11.7 Å². The third-order valence-electron chi connectivity index (χ3n) is 3.99. The molecular formula is C16H23NO4S. The Morgan fingerprint density at radius 1 is 1.14 bits per heavy atom. The van der Waals surface area contributed by atoms with Crippen LogP contribution in [-0.4, -0.2) is 51.0 Å². The molecule has 0 atom stereocenters. The molecule has 0 saturated heterocycles. The van der Waals surface area contributed by atoms with Crippen LogP contribution in [0.2, 0.25) is 0 Å². The molecule has 0 aromatic heterocycles. The van der Waals surface area contributed by atoms with E-state index in [9.17, 15) is 4.79 Å². The second kappa shape index (κ2) is 7.63. The first-order chi connectivity index (χ1) is 10.7. The minimum atomic E-state index is 0.153. The maximum absolute atomic E-state index is 12.1. The highest BCUT2D eigenvalue weighted by Crippen LogP contribution is 2.43. The smallest absolute Gasteiger partial charge is 0.223 e. The topological polar surface area (TPSA) is 48.0 Å². The molecule has 1 aliphatic heterocycles. The molecule has 0 saturated carbocycles. The third kappa shape index (κ3) is 3.27. The number of carbonyl (C=O) groups excluding carboxylic acids is 1. The van der Waals surface area contributed by atoms with Crippen molar-refractivity contribution in [1.82, 2.24) is 4.90 Å². The fourth-order valence-corrected chi connectivity index (χ4v) is 3.07. The van der Waals surface area contributed by atoms with Crippen LogP contribution in [0.5, 0.6) is 17.2 Å². The minimum Gasteiger partial charge on any atom is -0.493 e. The quantitative estimate of drug-likeness (QED) is 0.841. The van der Waals surface area contributed by atoms with Crippen molar-refractivity contribution in [2.45, 2.75) is 19.3 Å². The van der Waals surface area contributed by atoms with Gasteiger partial charge in [-0.05, 0) is 30.2 Å². The van der Waals surface area contributed by atoms with E-state index in [1.165, 1.54) is 0 Å². The van der Waals surface area contributed by atoms with Gasteiger partial charge in [0.1, 0.15) is 0 Å². The van der Waals surface area contributed by atoms with Crippen molar-refractivity contribution < 1.29 is 19.0 Å². The van der Waals surface area contributed by atoms with Crippen molar-refractivity contribution in [2.24, 2.45) is 0 Å². The molecule has 1 aliphatic rings. The number of carbonyl (C=O) groups is 1. The van der Waals surface area contributed by atoms with Crippen LogP contribution in [0.1, 0.15) is 17.5 Å². The number of methoxy groups -OCH3 is 3. The average Bonchev–Trinajstić information content (AvgIpc) is 2.75. The van der Waals surface area contributed by atoms with Gasteiger partial charge < -0.3 is 19.1 Å². The fraction of sp³-hybridized carbons (Fsp3) is 0.562. The molecule has 6 heteroatoms. The summed E-state index contributed by atoms with van der Waals surface area (Å²) in [5.41, 5.74) is 2.25. The van der Waals surface area contributed by atoms with E-state index >= 15 is 0 Å². The van der Waals surface area contributed by atoms with Crippen LogP contribution < -0.4 is 14.2 Å². The lowest BCUT2D eigenvalue weighted by molar-refractivity contribution is -0.130. The van der Waals surface area contributed by atoms with Crippen molar-refractivity contribution >= 4 is 18.5 Å². The number of rotatable bonds is 5. The van der Waals surface area contributed by atoms with Gasteiger partial charge in [-0.25, -0.2) is 0 Å². The zero-order valence-electron chi connectivity index (χ0n) is 13.3. The van der Waals surface area contributed by atoms with Gasteiger partial charge >= 0.3 is 0 Å². The van der Waals surface area contributed by atoms with Gasteiger partial charge in [-0.15, -0.1) is 0 Å². The average molecular weight is 325 g/mol. The van der Waals surface area contributed by atoms with Gasteiger partial charge in [0.25, 0.3) is 0 Å². The molecule has 0 unspecified atom stereocenters. The Morgan fingerprint density at radius 3 is 2.41 bits per heavy atom. The molecule has 122 valence electrons. The molecule has 22 heavy (non-hydrogen) atoms. The molecule has 0 N–H and O–H groups in total. The summed E-state index contributed by atoms with van der Waals surface area (Å²) in [6, 6.07) is 1.99. The first kappa shape index (κ1) is 16.8. The zero-order valence-corrected chi connectivity index (χ0v) is 14.2. The van der Waals surface area contributed by atoms with E-state index in [1.54, 1.807) is 21.3 Å². The van der Waals surface area contributed by atoms with E-state index in [2.05, 4.69) is 12.6 Å². The molecule has 2 rings (SSSR count). The van der Waals surface area contributed by atoms with Crippen molar-refractivity contribution in [3.63, 3.8) is 0 Å². The van der Waals surface area contributed by atoms with Gasteiger partial charge in [0.15, 0.2) is 11.5 Å². The van der Waals surface area contributed by atoms with E-state index in [0.29, 0.717) is 42.5 Å². The van der Waals surface area contributed by atoms with Crippen LogP contribution in [0, 0.1) is 0 Å². The fourth-order valence-electron chi connectivity index (χ4n) is 2.88. The van der Waals surface area contributed by atoms with Gasteiger partial charge in [-0.3, -0.25) is 4.79 Å². The van der Waals surface area contributed by atoms with Crippen LogP contribution >= 0.6 is 12.6 Å². The summed E-state index contributed by atoms with van der Waals surface area (Å²) in [6.07, 6.45) is 2.00. The minimum absolute atomic E-state index is 0.153. The Hall–Kier alpha value is -1.56. The van der Waals surface area contributed by atoms with E-state index in [1.807, 2.05) is 11.0 Å². The molecular weight excluding hydrogens is 302 g/mol. The van der Waals surface area contributed by atoms with Crippen LogP contribution in [0.4, 0.5) is 0 Å². The second-order valence-corrected chi connectivity index (χ2v) is 5.58. The molecule has 1 amide bonds. The molecule has 0 bridgehead atoms. The summed E-state index contributed by atoms with van der Waals surface area (Å²) in [5, 5.41) is 0. The summed E-state index contributed by atoms with van der Waals surface area (Å²) >= 11 is 4.14. The summed E-state index contributed by atoms with van der Waals surface area (Å²) in [4.78, 5) is 14.0. The highest BCUT2D eigenvalue weighted by atomic mass is 32.1. The normalized spacial score (nSPS) is 14.1. The van der Waals surface area contributed by atoms with Gasteiger partial charge in [-0.2, -0.15) is 12.6 Å². The second-order valence-electron chi connectivity index (χ2n) is 5.14. The van der Waals surface area contributed by atoms with E-state index < -0.39 is 0 Å². The maximum atomic E-state index is 12.1. The van der Waals surface area contributed by atoms with E-state index in [4.69, 9.17) is 14.2 Å². The molecule has 0 fully saturated rings. The SMILES string of the molecule is COc1cc2c(c(OC)c1OC)CCN(C(=O)CCS)CC2. The molecule has 0 spiro atoms. The molecule has 1 aromatic rings. The number of hydrogen-bond donors (Lipinski definition) is 1. The van der Waals surface area contributed by atoms with Crippen LogP contribution in [0.3, 0.4) is 0 Å². The monoisotopic (exact) mass is 325 g/mol. The largest absolute Gasteiger partial charge is 0.493 e. The summed E-state index contributed by atoms with van der Waals surface area (Å²) in [7, 11) is 4.85. The van der Waals surface area contributed by atoms with Crippen molar-refractivity contribution in [2.75, 3.05) is 40.2 Å². The lowest BCUT2D eigenvalue weighted by Crippen LogP contribution is -2.33. The number of benzene rings is 1. The molecule has 1 aromatic carbocycles.